The molecule has 0 radical (unpaired) electrons. The highest BCUT2D eigenvalue weighted by atomic mass is 79.9. The van der Waals surface area contributed by atoms with Crippen LogP contribution in [0.5, 0.6) is 5.75 Å². The van der Waals surface area contributed by atoms with Gasteiger partial charge in [-0.05, 0) is 47.5 Å². The van der Waals surface area contributed by atoms with Crippen LogP contribution in [0.1, 0.15) is 30.8 Å². The fourth-order valence-corrected chi connectivity index (χ4v) is 2.67. The number of halogens is 2. The third kappa shape index (κ3) is 3.24. The number of hydrogen-bond acceptors (Lipinski definition) is 3. The van der Waals surface area contributed by atoms with E-state index in [1.807, 2.05) is 24.6 Å². The molecule has 21 heavy (non-hydrogen) atoms. The number of aromatic nitrogens is 2. The van der Waals surface area contributed by atoms with E-state index in [-0.39, 0.29) is 17.9 Å². The van der Waals surface area contributed by atoms with Crippen LogP contribution in [0.2, 0.25) is 0 Å². The first-order chi connectivity index (χ1) is 10.1. The van der Waals surface area contributed by atoms with Crippen LogP contribution in [0.15, 0.2) is 22.7 Å². The Hall–Kier alpha value is -1.87. The van der Waals surface area contributed by atoms with Gasteiger partial charge in [0.25, 0.3) is 0 Å². The van der Waals surface area contributed by atoms with Crippen molar-refractivity contribution in [2.24, 2.45) is 0 Å². The SMILES string of the molecule is CCc1nn(CC)c(COc2ccc(C#N)cc2F)c1Br. The normalized spacial score (nSPS) is 10.4. The molecule has 0 N–H and O–H groups in total. The van der Waals surface area contributed by atoms with Crippen LogP contribution in [0.3, 0.4) is 0 Å². The predicted molar refractivity (Wildman–Crippen MR) is 80.4 cm³/mol. The van der Waals surface area contributed by atoms with E-state index in [9.17, 15) is 4.39 Å². The van der Waals surface area contributed by atoms with Crippen LogP contribution < -0.4 is 4.74 Å². The number of nitriles is 1. The summed E-state index contributed by atoms with van der Waals surface area (Å²) < 4.78 is 22.1. The smallest absolute Gasteiger partial charge is 0.166 e. The van der Waals surface area contributed by atoms with Crippen molar-refractivity contribution in [1.29, 1.82) is 5.26 Å². The molecular weight excluding hydrogens is 337 g/mol. The summed E-state index contributed by atoms with van der Waals surface area (Å²) in [5, 5.41) is 13.2. The lowest BCUT2D eigenvalue weighted by Gasteiger charge is -2.09. The van der Waals surface area contributed by atoms with E-state index in [1.54, 1.807) is 0 Å². The van der Waals surface area contributed by atoms with E-state index >= 15 is 0 Å². The fourth-order valence-electron chi connectivity index (χ4n) is 1.99. The van der Waals surface area contributed by atoms with Gasteiger partial charge >= 0.3 is 0 Å². The highest BCUT2D eigenvalue weighted by Crippen LogP contribution is 2.25. The molecule has 0 amide bonds. The standard InChI is InChI=1S/C15H15BrFN3O/c1-3-12-15(16)13(20(4-2)19-12)9-21-14-6-5-10(8-18)7-11(14)17/h5-7H,3-4,9H2,1-2H3. The zero-order valence-electron chi connectivity index (χ0n) is 11.9. The van der Waals surface area contributed by atoms with E-state index in [4.69, 9.17) is 10.00 Å². The average molecular weight is 352 g/mol. The maximum Gasteiger partial charge on any atom is 0.166 e. The molecule has 2 rings (SSSR count). The van der Waals surface area contributed by atoms with Crippen molar-refractivity contribution in [3.63, 3.8) is 0 Å². The summed E-state index contributed by atoms with van der Waals surface area (Å²) in [4.78, 5) is 0. The Bertz CT molecular complexity index is 691. The molecule has 2 aromatic rings. The summed E-state index contributed by atoms with van der Waals surface area (Å²) in [6, 6.07) is 6.05. The molecule has 0 fully saturated rings. The maximum absolute atomic E-state index is 13.8. The van der Waals surface area contributed by atoms with Gasteiger partial charge in [0.2, 0.25) is 0 Å². The second-order valence-corrected chi connectivity index (χ2v) is 5.22. The van der Waals surface area contributed by atoms with Crippen molar-refractivity contribution in [2.45, 2.75) is 33.4 Å². The first-order valence-electron chi connectivity index (χ1n) is 6.67. The molecule has 0 bridgehead atoms. The Morgan fingerprint density at radius 2 is 2.19 bits per heavy atom. The average Bonchev–Trinajstić information content (AvgIpc) is 2.81. The maximum atomic E-state index is 13.8. The summed E-state index contributed by atoms with van der Waals surface area (Å²) in [5.74, 6) is -0.411. The lowest BCUT2D eigenvalue weighted by molar-refractivity contribution is 0.277. The minimum Gasteiger partial charge on any atom is -0.484 e. The zero-order chi connectivity index (χ0) is 15.4. The van der Waals surface area contributed by atoms with Gasteiger partial charge in [0, 0.05) is 6.54 Å². The molecule has 0 atom stereocenters. The van der Waals surface area contributed by atoms with Gasteiger partial charge in [0.15, 0.2) is 11.6 Å². The van der Waals surface area contributed by atoms with Gasteiger partial charge in [-0.15, -0.1) is 0 Å². The molecule has 0 aliphatic rings. The van der Waals surface area contributed by atoms with Crippen LogP contribution >= 0.6 is 15.9 Å². The van der Waals surface area contributed by atoms with Crippen molar-refractivity contribution < 1.29 is 9.13 Å². The Balaban J connectivity index is 2.20. The van der Waals surface area contributed by atoms with Crippen LogP contribution in [0.4, 0.5) is 4.39 Å². The summed E-state index contributed by atoms with van der Waals surface area (Å²) in [5.41, 5.74) is 2.10. The molecule has 1 aromatic carbocycles. The number of nitrogens with zero attached hydrogens (tertiary/aromatic N) is 3. The Kier molecular flexibility index (Phi) is 4.97. The topological polar surface area (TPSA) is 50.8 Å². The van der Waals surface area contributed by atoms with Gasteiger partial charge < -0.3 is 4.74 Å². The predicted octanol–water partition coefficient (Wildman–Crippen LogP) is 3.82. The number of aryl methyl sites for hydroxylation is 2. The Morgan fingerprint density at radius 1 is 1.43 bits per heavy atom. The number of rotatable bonds is 5. The van der Waals surface area contributed by atoms with Crippen LogP contribution in [0.25, 0.3) is 0 Å². The largest absolute Gasteiger partial charge is 0.484 e. The van der Waals surface area contributed by atoms with Crippen molar-refractivity contribution in [1.82, 2.24) is 9.78 Å². The summed E-state index contributed by atoms with van der Waals surface area (Å²) in [6.07, 6.45) is 0.811. The summed E-state index contributed by atoms with van der Waals surface area (Å²) in [6.45, 7) is 4.94. The summed E-state index contributed by atoms with van der Waals surface area (Å²) >= 11 is 3.52. The molecule has 1 aromatic heterocycles. The highest BCUT2D eigenvalue weighted by molar-refractivity contribution is 9.10. The third-order valence-electron chi connectivity index (χ3n) is 3.12. The van der Waals surface area contributed by atoms with Gasteiger partial charge in [-0.25, -0.2) is 4.39 Å². The quantitative estimate of drug-likeness (QED) is 0.822. The molecule has 110 valence electrons. The van der Waals surface area contributed by atoms with E-state index < -0.39 is 5.82 Å². The molecule has 0 aliphatic carbocycles. The van der Waals surface area contributed by atoms with E-state index in [0.717, 1.165) is 22.3 Å². The van der Waals surface area contributed by atoms with Gasteiger partial charge in [0.1, 0.15) is 6.61 Å². The molecule has 0 saturated heterocycles. The molecule has 0 saturated carbocycles. The van der Waals surface area contributed by atoms with Gasteiger partial charge in [0.05, 0.1) is 27.5 Å². The van der Waals surface area contributed by atoms with Crippen LogP contribution in [0, 0.1) is 17.1 Å². The minimum absolute atomic E-state index is 0.128. The van der Waals surface area contributed by atoms with Crippen LogP contribution in [-0.2, 0) is 19.6 Å². The molecular formula is C15H15BrFN3O. The first kappa shape index (κ1) is 15.5. The number of hydrogen-bond donors (Lipinski definition) is 0. The molecule has 0 unspecified atom stereocenters. The minimum atomic E-state index is -0.538. The first-order valence-corrected chi connectivity index (χ1v) is 7.46. The van der Waals surface area contributed by atoms with Crippen molar-refractivity contribution in [3.05, 3.63) is 45.4 Å². The molecule has 6 heteroatoms. The third-order valence-corrected chi connectivity index (χ3v) is 4.03. The van der Waals surface area contributed by atoms with Gasteiger partial charge in [-0.1, -0.05) is 6.92 Å². The Labute approximate surface area is 131 Å². The van der Waals surface area contributed by atoms with Crippen molar-refractivity contribution >= 4 is 15.9 Å². The second kappa shape index (κ2) is 6.72. The lowest BCUT2D eigenvalue weighted by atomic mass is 10.2. The van der Waals surface area contributed by atoms with Gasteiger partial charge in [-0.3, -0.25) is 4.68 Å². The second-order valence-electron chi connectivity index (χ2n) is 4.42. The molecule has 1 heterocycles. The lowest BCUT2D eigenvalue weighted by Crippen LogP contribution is -2.07. The van der Waals surface area contributed by atoms with Crippen LogP contribution in [-0.4, -0.2) is 9.78 Å². The fraction of sp³-hybridized carbons (Fsp3) is 0.333. The molecule has 0 spiro atoms. The van der Waals surface area contributed by atoms with Gasteiger partial charge in [-0.2, -0.15) is 10.4 Å². The van der Waals surface area contributed by atoms with E-state index in [0.29, 0.717) is 6.54 Å². The molecule has 4 nitrogen and oxygen atoms in total. The monoisotopic (exact) mass is 351 g/mol. The zero-order valence-corrected chi connectivity index (χ0v) is 13.4. The van der Waals surface area contributed by atoms with Crippen molar-refractivity contribution in [2.75, 3.05) is 0 Å². The summed E-state index contributed by atoms with van der Waals surface area (Å²) in [7, 11) is 0. The number of ether oxygens (including phenoxy) is 1. The van der Waals surface area contributed by atoms with E-state index in [1.165, 1.54) is 18.2 Å². The van der Waals surface area contributed by atoms with Crippen molar-refractivity contribution in [3.8, 4) is 11.8 Å². The highest BCUT2D eigenvalue weighted by Gasteiger charge is 2.15. The van der Waals surface area contributed by atoms with E-state index in [2.05, 4.69) is 21.0 Å². The Morgan fingerprint density at radius 3 is 2.76 bits per heavy atom. The molecule has 0 aliphatic heterocycles. The number of benzene rings is 1.